The van der Waals surface area contributed by atoms with Gasteiger partial charge < -0.3 is 66.5 Å². The zero-order valence-corrected chi connectivity index (χ0v) is 54.2. The van der Waals surface area contributed by atoms with Crippen LogP contribution in [0.1, 0.15) is 174 Å². The van der Waals surface area contributed by atoms with Gasteiger partial charge in [0.1, 0.15) is 19.0 Å². The summed E-state index contributed by atoms with van der Waals surface area (Å²) in [7, 11) is 0. The molecule has 28 nitrogen and oxygen atoms in total. The Balaban J connectivity index is 2.22. The number of imidazole rings is 1. The lowest BCUT2D eigenvalue weighted by molar-refractivity contribution is -0.144. The first-order valence-corrected chi connectivity index (χ1v) is 32.6. The molecule has 0 aliphatic heterocycles. The van der Waals surface area contributed by atoms with Crippen LogP contribution < -0.4 is 48.9 Å². The highest BCUT2D eigenvalue weighted by Crippen LogP contribution is 2.18. The number of carbonyl (C=O) groups excluding carboxylic acids is 9. The first-order valence-electron chi connectivity index (χ1n) is 31.9. The van der Waals surface area contributed by atoms with E-state index >= 15 is 0 Å². The molecule has 14 N–H and O–H groups in total. The smallest absolute Gasteiger partial charge is 0.306 e. The predicted molar refractivity (Wildman–Crippen MR) is 339 cm³/mol. The summed E-state index contributed by atoms with van der Waals surface area (Å²) < 4.78 is 21.8. The molecule has 4 atom stereocenters. The summed E-state index contributed by atoms with van der Waals surface area (Å²) >= 11 is 4.23. The lowest BCUT2D eigenvalue weighted by Gasteiger charge is -2.28. The van der Waals surface area contributed by atoms with Gasteiger partial charge >= 0.3 is 11.9 Å². The van der Waals surface area contributed by atoms with Gasteiger partial charge in [-0.3, -0.25) is 63.5 Å². The summed E-state index contributed by atoms with van der Waals surface area (Å²) in [6.45, 7) is 3.46. The maximum absolute atomic E-state index is 13.5. The molecule has 0 spiro atoms. The Morgan fingerprint density at radius 3 is 1.76 bits per heavy atom. The molecule has 1 rings (SSSR count). The van der Waals surface area contributed by atoms with Crippen LogP contribution in [0, 0.1) is 5.92 Å². The van der Waals surface area contributed by atoms with E-state index in [2.05, 4.69) is 54.5 Å². The van der Waals surface area contributed by atoms with Crippen LogP contribution in [0.15, 0.2) is 12.5 Å². The lowest BCUT2D eigenvalue weighted by Crippen LogP contribution is -2.58. The number of thiol groups is 1. The van der Waals surface area contributed by atoms with Gasteiger partial charge in [-0.05, 0) is 58.8 Å². The molecule has 0 unspecified atom stereocenters. The number of carboxylic acids is 2. The van der Waals surface area contributed by atoms with Crippen LogP contribution in [-0.2, 0) is 78.1 Å². The van der Waals surface area contributed by atoms with E-state index in [1.165, 1.54) is 65.1 Å². The van der Waals surface area contributed by atoms with Crippen molar-refractivity contribution < 1.29 is 81.9 Å². The van der Waals surface area contributed by atoms with Gasteiger partial charge in [0.15, 0.2) is 23.1 Å². The van der Waals surface area contributed by atoms with Crippen LogP contribution >= 0.6 is 12.6 Å². The number of nitrogens with one attached hydrogen (secondary N) is 8. The topological polar surface area (TPSA) is 430 Å². The SMILES string of the molecule is CC(C)(NC(=O)[C@@H](N)Cc1cnc[nH]1)C(=O)CN[C@@H](CCCCNC(=O)COCCOCCCC(=O)COCCOCCNC(=O)CC[C@H](CC(=O)CCCCCCCCCCCCCCCCC(=O)O)C(=O)O)C(=O)CN[C@@H](CS)C(=O)CNCC(=O)NN. The molecule has 514 valence electrons. The van der Waals surface area contributed by atoms with Crippen LogP contribution in [0.3, 0.4) is 0 Å². The zero-order chi connectivity index (χ0) is 66.6. The number of ether oxygens (including phenoxy) is 4. The molecule has 1 heterocycles. The van der Waals surface area contributed by atoms with Gasteiger partial charge in [0.2, 0.25) is 23.6 Å². The first kappa shape index (κ1) is 82.4. The number of hydrazine groups is 1. The van der Waals surface area contributed by atoms with Crippen molar-refractivity contribution in [1.82, 2.24) is 47.3 Å². The average Bonchev–Trinajstić information content (AvgIpc) is 2.03. The summed E-state index contributed by atoms with van der Waals surface area (Å²) in [5.74, 6) is -0.709. The Bertz CT molecular complexity index is 2230. The Kier molecular flexibility index (Phi) is 48.5. The Labute approximate surface area is 536 Å². The number of H-pyrrole nitrogens is 1. The van der Waals surface area contributed by atoms with E-state index in [4.69, 9.17) is 35.6 Å². The number of nitrogens with zero attached hydrogens (tertiary/aromatic N) is 1. The molecule has 0 bridgehead atoms. The molecule has 1 aromatic rings. The average molecular weight is 1300 g/mol. The van der Waals surface area contributed by atoms with Crippen molar-refractivity contribution in [1.29, 1.82) is 0 Å². The number of Topliss-reactive ketones (excluding diaryl/α,β-unsaturated/α-hetero) is 5. The minimum Gasteiger partial charge on any atom is -0.481 e. The van der Waals surface area contributed by atoms with Crippen LogP contribution in [0.2, 0.25) is 0 Å². The minimum absolute atomic E-state index is 0.0271. The third kappa shape index (κ3) is 44.8. The maximum Gasteiger partial charge on any atom is 0.306 e. The first-order chi connectivity index (χ1) is 43.2. The van der Waals surface area contributed by atoms with E-state index in [1.807, 2.05) is 5.43 Å². The van der Waals surface area contributed by atoms with Gasteiger partial charge in [0, 0.05) is 75.9 Å². The maximum atomic E-state index is 13.5. The largest absolute Gasteiger partial charge is 0.481 e. The van der Waals surface area contributed by atoms with E-state index in [1.54, 1.807) is 6.20 Å². The second kappa shape index (κ2) is 52.9. The molecule has 0 saturated carbocycles. The highest BCUT2D eigenvalue weighted by atomic mass is 32.1. The van der Waals surface area contributed by atoms with Gasteiger partial charge in [-0.2, -0.15) is 12.6 Å². The number of nitrogens with two attached hydrogens (primary N) is 2. The van der Waals surface area contributed by atoms with E-state index in [0.717, 1.165) is 44.9 Å². The third-order valence-electron chi connectivity index (χ3n) is 14.6. The van der Waals surface area contributed by atoms with Crippen LogP contribution in [-0.4, -0.2) is 206 Å². The second-order valence-corrected chi connectivity index (χ2v) is 23.3. The van der Waals surface area contributed by atoms with Crippen LogP contribution in [0.25, 0.3) is 0 Å². The number of hydrogen-bond acceptors (Lipinski definition) is 22. The molecular weight excluding hydrogens is 1190 g/mol. The van der Waals surface area contributed by atoms with Crippen molar-refractivity contribution >= 4 is 77.1 Å². The number of carboxylic acid groups (broad SMARTS) is 2. The fourth-order valence-electron chi connectivity index (χ4n) is 9.16. The standard InChI is InChI=1S/C61H107N11O17S/c1-61(2,71-59(83)49(62)35-46-36-65-44-70-46)54(77)39-69-50(53(76)38-68-51(43-90)52(75)37-64-40-56(79)72-63)22-17-18-26-66-57(80)42-89-33-30-86-28-19-21-48(74)41-88-32-31-87-29-27-67-55(78)25-24-45(60(84)85)34-47(73)20-15-13-11-9-7-5-3-4-6-8-10-12-14-16-23-58(81)82/h36,44-45,49-51,64,68-69,90H,3-35,37-43,62-63H2,1-2H3,(H,65,70)(H,66,80)(H,67,78)(H,71,83)(H,72,79)(H,81,82)(H,84,85)/t45-,49+,50+,51+/m1/s1. The normalized spacial score (nSPS) is 12.8. The summed E-state index contributed by atoms with van der Waals surface area (Å²) in [6, 6.07) is -2.65. The fourth-order valence-corrected chi connectivity index (χ4v) is 9.50. The second-order valence-electron chi connectivity index (χ2n) is 22.9. The summed E-state index contributed by atoms with van der Waals surface area (Å²) in [5, 5.41) is 35.0. The molecule has 0 saturated heterocycles. The number of amides is 4. The van der Waals surface area contributed by atoms with E-state index in [-0.39, 0.29) is 171 Å². The van der Waals surface area contributed by atoms with Crippen molar-refractivity contribution in [2.24, 2.45) is 17.5 Å². The Hall–Kier alpha value is -5.63. The van der Waals surface area contributed by atoms with Crippen LogP contribution in [0.5, 0.6) is 0 Å². The number of aliphatic carboxylic acids is 2. The number of unbranched alkanes of at least 4 members (excludes halogenated alkanes) is 14. The van der Waals surface area contributed by atoms with Crippen molar-refractivity contribution in [2.45, 2.75) is 198 Å². The molecule has 0 aliphatic carbocycles. The van der Waals surface area contributed by atoms with E-state index < -0.39 is 59.1 Å². The number of rotatable bonds is 63. The number of aromatic amines is 1. The quantitative estimate of drug-likeness (QED) is 0.0146. The Morgan fingerprint density at radius 1 is 0.589 bits per heavy atom. The molecule has 1 aromatic heterocycles. The summed E-state index contributed by atoms with van der Waals surface area (Å²) in [5.41, 5.74) is 7.31. The summed E-state index contributed by atoms with van der Waals surface area (Å²) in [6.07, 6.45) is 20.6. The Morgan fingerprint density at radius 2 is 1.16 bits per heavy atom. The third-order valence-corrected chi connectivity index (χ3v) is 15.0. The molecule has 0 aliphatic rings. The molecule has 90 heavy (non-hydrogen) atoms. The van der Waals surface area contributed by atoms with Gasteiger partial charge in [-0.15, -0.1) is 0 Å². The van der Waals surface area contributed by atoms with Crippen molar-refractivity contribution in [3.05, 3.63) is 18.2 Å². The minimum atomic E-state index is -1.35. The lowest BCUT2D eigenvalue weighted by atomic mass is 9.94. The van der Waals surface area contributed by atoms with Crippen molar-refractivity contribution in [2.75, 3.05) is 97.9 Å². The van der Waals surface area contributed by atoms with Gasteiger partial charge in [0.25, 0.3) is 0 Å². The van der Waals surface area contributed by atoms with Crippen LogP contribution in [0.4, 0.5) is 0 Å². The van der Waals surface area contributed by atoms with Gasteiger partial charge in [-0.1, -0.05) is 77.0 Å². The van der Waals surface area contributed by atoms with E-state index in [9.17, 15) is 57.8 Å². The monoisotopic (exact) mass is 1300 g/mol. The molecule has 4 amide bonds. The van der Waals surface area contributed by atoms with Gasteiger partial charge in [-0.25, -0.2) is 10.8 Å². The predicted octanol–water partition coefficient (Wildman–Crippen LogP) is 1.89. The molecule has 0 radical (unpaired) electrons. The fraction of sp³-hybridized carbons (Fsp3) is 0.770. The number of hydrogen-bond donors (Lipinski definition) is 13. The van der Waals surface area contributed by atoms with Crippen molar-refractivity contribution in [3.8, 4) is 0 Å². The molecule has 0 fully saturated rings. The highest BCUT2D eigenvalue weighted by molar-refractivity contribution is 7.80. The molecule has 0 aromatic carbocycles. The molecule has 29 heteroatoms. The molecular formula is C61H107N11O17S. The number of carbonyl (C=O) groups is 11. The van der Waals surface area contributed by atoms with Gasteiger partial charge in [0.05, 0.1) is 95.1 Å². The van der Waals surface area contributed by atoms with E-state index in [0.29, 0.717) is 38.0 Å². The zero-order valence-electron chi connectivity index (χ0n) is 53.3. The highest BCUT2D eigenvalue weighted by Gasteiger charge is 2.32. The van der Waals surface area contributed by atoms with Crippen molar-refractivity contribution in [3.63, 3.8) is 0 Å². The number of ketones is 5. The summed E-state index contributed by atoms with van der Waals surface area (Å²) in [4.78, 5) is 143. The number of aromatic nitrogens is 2.